The molecule has 2 N–H and O–H groups in total. The summed E-state index contributed by atoms with van der Waals surface area (Å²) in [6.07, 6.45) is 2.25. The van der Waals surface area contributed by atoms with Crippen molar-refractivity contribution in [2.24, 2.45) is 5.92 Å². The van der Waals surface area contributed by atoms with Gasteiger partial charge in [0.2, 0.25) is 5.91 Å². The Morgan fingerprint density at radius 2 is 2.56 bits per heavy atom. The summed E-state index contributed by atoms with van der Waals surface area (Å²) in [5.41, 5.74) is 2.00. The van der Waals surface area contributed by atoms with Gasteiger partial charge in [-0.05, 0) is 6.92 Å². The zero-order valence-corrected chi connectivity index (χ0v) is 10.6. The zero-order chi connectivity index (χ0) is 13.1. The third kappa shape index (κ3) is 2.51. The molecule has 2 heterocycles. The van der Waals surface area contributed by atoms with Crippen molar-refractivity contribution < 1.29 is 4.79 Å². The summed E-state index contributed by atoms with van der Waals surface area (Å²) in [7, 11) is 1.73. The molecule has 18 heavy (non-hydrogen) atoms. The maximum absolute atomic E-state index is 12.2. The van der Waals surface area contributed by atoms with E-state index in [4.69, 9.17) is 5.26 Å². The Morgan fingerprint density at radius 1 is 1.78 bits per heavy atom. The molecule has 1 aliphatic rings. The zero-order valence-electron chi connectivity index (χ0n) is 10.6. The fourth-order valence-corrected chi connectivity index (χ4v) is 2.15. The number of fused-ring (bicyclic) bond motifs is 1. The van der Waals surface area contributed by atoms with Crippen LogP contribution in [-0.2, 0) is 17.8 Å². The molecule has 0 spiro atoms. The molecule has 1 aliphatic heterocycles. The predicted molar refractivity (Wildman–Crippen MR) is 65.3 cm³/mol. The molecule has 96 valence electrons. The van der Waals surface area contributed by atoms with E-state index in [0.717, 1.165) is 11.4 Å². The Labute approximate surface area is 106 Å². The van der Waals surface area contributed by atoms with Crippen molar-refractivity contribution in [3.05, 3.63) is 17.7 Å². The van der Waals surface area contributed by atoms with Gasteiger partial charge in [-0.25, -0.2) is 4.98 Å². The molecule has 0 saturated carbocycles. The standard InChI is InChI=1S/C12H17N5O/c1-8(4-13)6-17(2)12(18)10-3-9-11(5-14-10)16-7-15-9/h7-8,10,14H,3,5-6H2,1-2H3,(H,15,16). The first-order valence-corrected chi connectivity index (χ1v) is 6.01. The first-order chi connectivity index (χ1) is 8.61. The quantitative estimate of drug-likeness (QED) is 0.790. The van der Waals surface area contributed by atoms with Gasteiger partial charge >= 0.3 is 0 Å². The number of hydrogen-bond donors (Lipinski definition) is 2. The van der Waals surface area contributed by atoms with Crippen LogP contribution in [-0.4, -0.2) is 40.4 Å². The number of nitrogens with zero attached hydrogens (tertiary/aromatic N) is 3. The average molecular weight is 247 g/mol. The summed E-state index contributed by atoms with van der Waals surface area (Å²) in [6, 6.07) is 1.89. The number of hydrogen-bond acceptors (Lipinski definition) is 4. The van der Waals surface area contributed by atoms with Gasteiger partial charge in [-0.1, -0.05) is 0 Å². The van der Waals surface area contributed by atoms with Crippen molar-refractivity contribution in [2.45, 2.75) is 25.9 Å². The number of nitriles is 1. The van der Waals surface area contributed by atoms with E-state index in [9.17, 15) is 4.79 Å². The van der Waals surface area contributed by atoms with E-state index in [-0.39, 0.29) is 17.9 Å². The fraction of sp³-hybridized carbons (Fsp3) is 0.583. The predicted octanol–water partition coefficient (Wildman–Crippen LogP) is 0.0421. The van der Waals surface area contributed by atoms with Gasteiger partial charge in [0.25, 0.3) is 0 Å². The van der Waals surface area contributed by atoms with Crippen LogP contribution in [0.25, 0.3) is 0 Å². The normalized spacial score (nSPS) is 19.7. The van der Waals surface area contributed by atoms with Crippen molar-refractivity contribution in [1.29, 1.82) is 5.26 Å². The highest BCUT2D eigenvalue weighted by Gasteiger charge is 2.28. The smallest absolute Gasteiger partial charge is 0.239 e. The minimum absolute atomic E-state index is 0.0192. The van der Waals surface area contributed by atoms with Crippen LogP contribution >= 0.6 is 0 Å². The molecule has 1 amide bonds. The van der Waals surface area contributed by atoms with Gasteiger partial charge in [0.1, 0.15) is 0 Å². The van der Waals surface area contributed by atoms with E-state index in [0.29, 0.717) is 19.5 Å². The van der Waals surface area contributed by atoms with E-state index in [1.165, 1.54) is 0 Å². The van der Waals surface area contributed by atoms with Gasteiger partial charge < -0.3 is 9.88 Å². The van der Waals surface area contributed by atoms with Crippen molar-refractivity contribution >= 4 is 5.91 Å². The summed E-state index contributed by atoms with van der Waals surface area (Å²) >= 11 is 0. The van der Waals surface area contributed by atoms with Gasteiger partial charge in [0.15, 0.2) is 0 Å². The van der Waals surface area contributed by atoms with E-state index in [1.54, 1.807) is 18.3 Å². The lowest BCUT2D eigenvalue weighted by molar-refractivity contribution is -0.132. The molecule has 0 saturated heterocycles. The molecule has 6 heteroatoms. The Balaban J connectivity index is 1.97. The van der Waals surface area contributed by atoms with Gasteiger partial charge in [0, 0.05) is 26.6 Å². The van der Waals surface area contributed by atoms with Crippen molar-refractivity contribution in [2.75, 3.05) is 13.6 Å². The molecule has 6 nitrogen and oxygen atoms in total. The van der Waals surface area contributed by atoms with Crippen LogP contribution in [0.5, 0.6) is 0 Å². The van der Waals surface area contributed by atoms with Crippen LogP contribution in [0.4, 0.5) is 0 Å². The topological polar surface area (TPSA) is 84.8 Å². The number of carbonyl (C=O) groups is 1. The van der Waals surface area contributed by atoms with Crippen molar-refractivity contribution in [3.63, 3.8) is 0 Å². The van der Waals surface area contributed by atoms with Crippen LogP contribution in [0.2, 0.25) is 0 Å². The van der Waals surface area contributed by atoms with Gasteiger partial charge in [-0.2, -0.15) is 5.26 Å². The molecule has 2 rings (SSSR count). The molecule has 0 aromatic carbocycles. The molecule has 1 aromatic heterocycles. The number of carbonyl (C=O) groups excluding carboxylic acids is 1. The summed E-state index contributed by atoms with van der Waals surface area (Å²) < 4.78 is 0. The third-order valence-corrected chi connectivity index (χ3v) is 3.17. The Hall–Kier alpha value is -1.87. The molecular weight excluding hydrogens is 230 g/mol. The number of likely N-dealkylation sites (N-methyl/N-ethyl adjacent to an activating group) is 1. The summed E-state index contributed by atoms with van der Waals surface area (Å²) in [4.78, 5) is 21.1. The minimum Gasteiger partial charge on any atom is -0.347 e. The SMILES string of the molecule is CC(C#N)CN(C)C(=O)C1Cc2nc[nH]c2CN1. The molecule has 0 fully saturated rings. The van der Waals surface area contributed by atoms with Gasteiger partial charge in [-0.15, -0.1) is 0 Å². The summed E-state index contributed by atoms with van der Waals surface area (Å²) in [6.45, 7) is 2.90. The molecule has 0 radical (unpaired) electrons. The molecule has 2 unspecified atom stereocenters. The number of amides is 1. The Morgan fingerprint density at radius 3 is 3.28 bits per heavy atom. The molecule has 1 aromatic rings. The second kappa shape index (κ2) is 5.19. The van der Waals surface area contributed by atoms with Gasteiger partial charge in [-0.3, -0.25) is 10.1 Å². The monoisotopic (exact) mass is 247 g/mol. The minimum atomic E-state index is -0.239. The number of aromatic nitrogens is 2. The van der Waals surface area contributed by atoms with Crippen LogP contribution in [0.3, 0.4) is 0 Å². The summed E-state index contributed by atoms with van der Waals surface area (Å²) in [5, 5.41) is 11.9. The highest BCUT2D eigenvalue weighted by molar-refractivity contribution is 5.82. The van der Waals surface area contributed by atoms with Crippen LogP contribution in [0.1, 0.15) is 18.3 Å². The molecule has 0 bridgehead atoms. The fourth-order valence-electron chi connectivity index (χ4n) is 2.15. The lowest BCUT2D eigenvalue weighted by Crippen LogP contribution is -2.49. The molecular formula is C12H17N5O. The largest absolute Gasteiger partial charge is 0.347 e. The van der Waals surface area contributed by atoms with Crippen LogP contribution < -0.4 is 5.32 Å². The number of rotatable bonds is 3. The maximum Gasteiger partial charge on any atom is 0.239 e. The third-order valence-electron chi connectivity index (χ3n) is 3.17. The highest BCUT2D eigenvalue weighted by atomic mass is 16.2. The number of H-pyrrole nitrogens is 1. The van der Waals surface area contributed by atoms with Crippen molar-refractivity contribution in [3.8, 4) is 6.07 Å². The van der Waals surface area contributed by atoms with Crippen LogP contribution in [0, 0.1) is 17.2 Å². The number of aromatic amines is 1. The second-order valence-electron chi connectivity index (χ2n) is 4.71. The highest BCUT2D eigenvalue weighted by Crippen LogP contribution is 2.13. The van der Waals surface area contributed by atoms with E-state index in [1.807, 2.05) is 6.92 Å². The van der Waals surface area contributed by atoms with E-state index >= 15 is 0 Å². The lowest BCUT2D eigenvalue weighted by Gasteiger charge is -2.27. The first-order valence-electron chi connectivity index (χ1n) is 6.01. The maximum atomic E-state index is 12.2. The van der Waals surface area contributed by atoms with Gasteiger partial charge in [0.05, 0.1) is 35.7 Å². The molecule has 0 aliphatic carbocycles. The van der Waals surface area contributed by atoms with Crippen molar-refractivity contribution in [1.82, 2.24) is 20.2 Å². The number of imidazole rings is 1. The van der Waals surface area contributed by atoms with Crippen LogP contribution in [0.15, 0.2) is 6.33 Å². The van der Waals surface area contributed by atoms with E-state index in [2.05, 4.69) is 21.4 Å². The second-order valence-corrected chi connectivity index (χ2v) is 4.71. The average Bonchev–Trinajstić information content (AvgIpc) is 2.84. The Kier molecular flexibility index (Phi) is 3.63. The summed E-state index contributed by atoms with van der Waals surface area (Å²) in [5.74, 6) is -0.130. The first kappa shape index (κ1) is 12.6. The van der Waals surface area contributed by atoms with E-state index < -0.39 is 0 Å². The number of nitrogens with one attached hydrogen (secondary N) is 2. The Bertz CT molecular complexity index is 475. The lowest BCUT2D eigenvalue weighted by atomic mass is 10.0. The molecule has 2 atom stereocenters.